The Labute approximate surface area is 113 Å². The Hall–Kier alpha value is -1.28. The van der Waals surface area contributed by atoms with Gasteiger partial charge in [-0.2, -0.15) is 0 Å². The minimum absolute atomic E-state index is 0.00218. The van der Waals surface area contributed by atoms with Gasteiger partial charge in [-0.1, -0.05) is 29.6 Å². The quantitative estimate of drug-likeness (QED) is 0.562. The lowest BCUT2D eigenvalue weighted by Gasteiger charge is -2.12. The number of carbonyl (C=O) groups excluding carboxylic acids is 2. The summed E-state index contributed by atoms with van der Waals surface area (Å²) in [4.78, 5) is 25.8. The third-order valence-corrected chi connectivity index (χ3v) is 4.33. The molecule has 0 N–H and O–H groups in total. The van der Waals surface area contributed by atoms with E-state index in [0.29, 0.717) is 28.4 Å². The SMILES string of the molecule is C=CCN1C(=O)CS/C1=N\N=C1/SCC(=O)N1C. The van der Waals surface area contributed by atoms with Crippen molar-refractivity contribution < 1.29 is 9.59 Å². The summed E-state index contributed by atoms with van der Waals surface area (Å²) in [5, 5.41) is 9.20. The molecule has 0 radical (unpaired) electrons. The zero-order valence-electron chi connectivity index (χ0n) is 9.83. The minimum atomic E-state index is 0.00218. The van der Waals surface area contributed by atoms with Crippen LogP contribution in [0.2, 0.25) is 0 Å². The average Bonchev–Trinajstić information content (AvgIpc) is 2.85. The molecule has 8 heteroatoms. The van der Waals surface area contributed by atoms with Crippen molar-refractivity contribution in [3.8, 4) is 0 Å². The molecule has 0 aromatic heterocycles. The second kappa shape index (κ2) is 5.57. The van der Waals surface area contributed by atoms with Crippen LogP contribution in [0.1, 0.15) is 0 Å². The van der Waals surface area contributed by atoms with E-state index in [2.05, 4.69) is 16.8 Å². The smallest absolute Gasteiger partial charge is 0.239 e. The number of hydrogen-bond acceptors (Lipinski definition) is 6. The summed E-state index contributed by atoms with van der Waals surface area (Å²) in [5.41, 5.74) is 0. The molecule has 0 aromatic carbocycles. The van der Waals surface area contributed by atoms with Gasteiger partial charge in [0.15, 0.2) is 10.3 Å². The fourth-order valence-corrected chi connectivity index (χ4v) is 3.07. The van der Waals surface area contributed by atoms with E-state index in [9.17, 15) is 9.59 Å². The first-order valence-electron chi connectivity index (χ1n) is 5.22. The lowest BCUT2D eigenvalue weighted by atomic mass is 10.5. The van der Waals surface area contributed by atoms with Gasteiger partial charge in [0.2, 0.25) is 11.8 Å². The van der Waals surface area contributed by atoms with Crippen molar-refractivity contribution in [1.29, 1.82) is 0 Å². The van der Waals surface area contributed by atoms with Crippen LogP contribution in [-0.4, -0.2) is 57.0 Å². The van der Waals surface area contributed by atoms with Gasteiger partial charge in [-0.05, 0) is 0 Å². The topological polar surface area (TPSA) is 65.3 Å². The summed E-state index contributed by atoms with van der Waals surface area (Å²) in [6.45, 7) is 4.03. The van der Waals surface area contributed by atoms with E-state index in [1.807, 2.05) is 0 Å². The first-order valence-corrected chi connectivity index (χ1v) is 7.19. The van der Waals surface area contributed by atoms with Crippen molar-refractivity contribution in [2.45, 2.75) is 0 Å². The molecule has 0 bridgehead atoms. The summed E-state index contributed by atoms with van der Waals surface area (Å²) < 4.78 is 0. The van der Waals surface area contributed by atoms with Gasteiger partial charge in [0, 0.05) is 13.6 Å². The monoisotopic (exact) mass is 284 g/mol. The van der Waals surface area contributed by atoms with Crippen molar-refractivity contribution in [2.75, 3.05) is 25.1 Å². The van der Waals surface area contributed by atoms with Gasteiger partial charge in [0.05, 0.1) is 11.5 Å². The van der Waals surface area contributed by atoms with Crippen LogP contribution in [0.4, 0.5) is 0 Å². The molecule has 2 fully saturated rings. The van der Waals surface area contributed by atoms with Gasteiger partial charge in [-0.25, -0.2) is 0 Å². The average molecular weight is 284 g/mol. The third-order valence-electron chi connectivity index (χ3n) is 2.38. The van der Waals surface area contributed by atoms with E-state index in [4.69, 9.17) is 0 Å². The van der Waals surface area contributed by atoms with Gasteiger partial charge >= 0.3 is 0 Å². The predicted octanol–water partition coefficient (Wildman–Crippen LogP) is 0.580. The number of rotatable bonds is 3. The van der Waals surface area contributed by atoms with Crippen molar-refractivity contribution in [3.63, 3.8) is 0 Å². The number of hydrogen-bond donors (Lipinski definition) is 0. The van der Waals surface area contributed by atoms with Gasteiger partial charge in [-0.3, -0.25) is 19.4 Å². The molecular weight excluding hydrogens is 272 g/mol. The molecule has 0 saturated carbocycles. The fourth-order valence-electron chi connectivity index (χ4n) is 1.39. The van der Waals surface area contributed by atoms with E-state index in [1.165, 1.54) is 33.3 Å². The maximum atomic E-state index is 11.5. The summed E-state index contributed by atoms with van der Waals surface area (Å²) in [5.74, 6) is 0.779. The highest BCUT2D eigenvalue weighted by Gasteiger charge is 2.28. The molecule has 0 aromatic rings. The van der Waals surface area contributed by atoms with Crippen LogP contribution < -0.4 is 0 Å². The third kappa shape index (κ3) is 2.59. The molecule has 2 heterocycles. The van der Waals surface area contributed by atoms with Crippen LogP contribution in [-0.2, 0) is 9.59 Å². The second-order valence-electron chi connectivity index (χ2n) is 3.59. The highest BCUT2D eigenvalue weighted by atomic mass is 32.2. The molecule has 2 saturated heterocycles. The van der Waals surface area contributed by atoms with Gasteiger partial charge < -0.3 is 0 Å². The van der Waals surface area contributed by atoms with Crippen molar-refractivity contribution in [3.05, 3.63) is 12.7 Å². The molecular formula is C10H12N4O2S2. The first kappa shape index (κ1) is 13.2. The number of amides is 2. The molecule has 2 rings (SSSR count). The van der Waals surface area contributed by atoms with Gasteiger partial charge in [-0.15, -0.1) is 16.8 Å². The summed E-state index contributed by atoms with van der Waals surface area (Å²) in [6.07, 6.45) is 1.65. The number of thioether (sulfide) groups is 2. The molecule has 18 heavy (non-hydrogen) atoms. The predicted molar refractivity (Wildman–Crippen MR) is 74.5 cm³/mol. The summed E-state index contributed by atoms with van der Waals surface area (Å²) in [6, 6.07) is 0. The second-order valence-corrected chi connectivity index (χ2v) is 5.47. The Morgan fingerprint density at radius 3 is 2.44 bits per heavy atom. The molecule has 0 aliphatic carbocycles. The highest BCUT2D eigenvalue weighted by molar-refractivity contribution is 8.15. The fraction of sp³-hybridized carbons (Fsp3) is 0.400. The molecule has 2 aliphatic heterocycles. The maximum Gasteiger partial charge on any atom is 0.239 e. The molecule has 2 amide bonds. The maximum absolute atomic E-state index is 11.5. The van der Waals surface area contributed by atoms with E-state index in [0.717, 1.165) is 0 Å². The van der Waals surface area contributed by atoms with Gasteiger partial charge in [0.1, 0.15) is 0 Å². The normalized spacial score (nSPS) is 24.7. The molecule has 0 atom stereocenters. The first-order chi connectivity index (χ1) is 8.63. The minimum Gasteiger partial charge on any atom is -0.292 e. The Morgan fingerprint density at radius 1 is 1.22 bits per heavy atom. The van der Waals surface area contributed by atoms with Crippen LogP contribution in [0.5, 0.6) is 0 Å². The summed E-state index contributed by atoms with van der Waals surface area (Å²) in [7, 11) is 1.66. The van der Waals surface area contributed by atoms with Crippen LogP contribution in [0.15, 0.2) is 22.9 Å². The number of carbonyl (C=O) groups is 2. The van der Waals surface area contributed by atoms with E-state index >= 15 is 0 Å². The molecule has 2 aliphatic rings. The van der Waals surface area contributed by atoms with Crippen molar-refractivity contribution in [1.82, 2.24) is 9.80 Å². The Kier molecular flexibility index (Phi) is 4.07. The molecule has 0 spiro atoms. The zero-order valence-corrected chi connectivity index (χ0v) is 11.5. The zero-order chi connectivity index (χ0) is 13.1. The van der Waals surface area contributed by atoms with E-state index in [1.54, 1.807) is 13.1 Å². The molecule has 0 unspecified atom stereocenters. The van der Waals surface area contributed by atoms with Crippen LogP contribution >= 0.6 is 23.5 Å². The van der Waals surface area contributed by atoms with E-state index < -0.39 is 0 Å². The van der Waals surface area contributed by atoms with E-state index in [-0.39, 0.29) is 11.8 Å². The number of amidine groups is 2. The Bertz CT molecular complexity index is 461. The highest BCUT2D eigenvalue weighted by Crippen LogP contribution is 2.21. The standard InChI is InChI=1S/C10H12N4O2S2/c1-3-4-14-8(16)6-18-10(14)12-11-9-13(2)7(15)5-17-9/h3H,1,4-6H2,2H3/b11-9-,12-10-. The molecule has 96 valence electrons. The summed E-state index contributed by atoms with van der Waals surface area (Å²) >= 11 is 2.69. The van der Waals surface area contributed by atoms with Crippen LogP contribution in [0.3, 0.4) is 0 Å². The lowest BCUT2D eigenvalue weighted by molar-refractivity contribution is -0.124. The largest absolute Gasteiger partial charge is 0.292 e. The van der Waals surface area contributed by atoms with Crippen LogP contribution in [0.25, 0.3) is 0 Å². The van der Waals surface area contributed by atoms with Crippen molar-refractivity contribution >= 4 is 45.7 Å². The number of nitrogens with zero attached hydrogens (tertiary/aromatic N) is 4. The lowest BCUT2D eigenvalue weighted by Crippen LogP contribution is -2.29. The van der Waals surface area contributed by atoms with Gasteiger partial charge in [0.25, 0.3) is 0 Å². The Morgan fingerprint density at radius 2 is 1.83 bits per heavy atom. The van der Waals surface area contributed by atoms with Crippen molar-refractivity contribution in [2.24, 2.45) is 10.2 Å². The Balaban J connectivity index is 2.13. The van der Waals surface area contributed by atoms with Crippen LogP contribution in [0, 0.1) is 0 Å². The molecule has 6 nitrogen and oxygen atoms in total.